The maximum absolute atomic E-state index is 6.02. The van der Waals surface area contributed by atoms with Crippen LogP contribution in [0.5, 0.6) is 0 Å². The van der Waals surface area contributed by atoms with E-state index >= 15 is 0 Å². The van der Waals surface area contributed by atoms with Gasteiger partial charge in [0.1, 0.15) is 5.76 Å². The van der Waals surface area contributed by atoms with Crippen LogP contribution in [0.15, 0.2) is 36.1 Å². The number of rotatable bonds is 9. The molecule has 1 heterocycles. The lowest BCUT2D eigenvalue weighted by molar-refractivity contribution is -0.0332. The average Bonchev–Trinajstić information content (AvgIpc) is 3.50. The minimum atomic E-state index is 0.298. The first kappa shape index (κ1) is 21.6. The molecule has 2 bridgehead atoms. The third kappa shape index (κ3) is 5.51. The van der Waals surface area contributed by atoms with Gasteiger partial charge in [-0.05, 0) is 80.9 Å². The zero-order chi connectivity index (χ0) is 20.0. The smallest absolute Gasteiger partial charge is 0.114 e. The van der Waals surface area contributed by atoms with Gasteiger partial charge in [-0.25, -0.2) is 0 Å². The molecule has 0 amide bonds. The van der Waals surface area contributed by atoms with Crippen LogP contribution in [0.1, 0.15) is 65.2 Å². The van der Waals surface area contributed by atoms with E-state index in [1.807, 2.05) is 0 Å². The van der Waals surface area contributed by atoms with E-state index in [-0.39, 0.29) is 0 Å². The Morgan fingerprint density at radius 2 is 2.07 bits per heavy atom. The fourth-order valence-electron chi connectivity index (χ4n) is 5.08. The molecular weight excluding hydrogens is 346 g/mol. The van der Waals surface area contributed by atoms with Gasteiger partial charge >= 0.3 is 0 Å². The minimum absolute atomic E-state index is 0.298. The minimum Gasteiger partial charge on any atom is -0.497 e. The summed E-state index contributed by atoms with van der Waals surface area (Å²) in [6.45, 7) is 13.4. The molecule has 3 nitrogen and oxygen atoms in total. The third-order valence-electron chi connectivity index (χ3n) is 7.39. The highest BCUT2D eigenvalue weighted by Gasteiger charge is 2.46. The van der Waals surface area contributed by atoms with Gasteiger partial charge in [-0.15, -0.1) is 0 Å². The van der Waals surface area contributed by atoms with E-state index in [1.54, 1.807) is 7.11 Å². The number of piperidine rings is 1. The second-order valence-electron chi connectivity index (χ2n) is 9.33. The molecule has 3 heteroatoms. The highest BCUT2D eigenvalue weighted by atomic mass is 16.5. The lowest BCUT2D eigenvalue weighted by Gasteiger charge is -2.52. The number of ether oxygens (including phenoxy) is 2. The summed E-state index contributed by atoms with van der Waals surface area (Å²) < 4.78 is 11.6. The lowest BCUT2D eigenvalue weighted by atomic mass is 9.62. The fourth-order valence-corrected chi connectivity index (χ4v) is 5.08. The van der Waals surface area contributed by atoms with Crippen LogP contribution in [0.25, 0.3) is 0 Å². The van der Waals surface area contributed by atoms with Gasteiger partial charge in [0, 0.05) is 25.8 Å². The Hall–Kier alpha value is -1.06. The highest BCUT2D eigenvalue weighted by molar-refractivity contribution is 5.25. The Kier molecular flexibility index (Phi) is 7.82. The maximum atomic E-state index is 6.02. The van der Waals surface area contributed by atoms with E-state index < -0.39 is 0 Å². The molecule has 0 radical (unpaired) electrons. The summed E-state index contributed by atoms with van der Waals surface area (Å²) in [4.78, 5) is 2.79. The van der Waals surface area contributed by atoms with Crippen molar-refractivity contribution in [2.24, 2.45) is 17.3 Å². The van der Waals surface area contributed by atoms with E-state index in [4.69, 9.17) is 9.47 Å². The van der Waals surface area contributed by atoms with E-state index in [0.29, 0.717) is 17.4 Å². The van der Waals surface area contributed by atoms with Crippen LogP contribution in [0, 0.1) is 17.3 Å². The highest BCUT2D eigenvalue weighted by Crippen LogP contribution is 2.48. The van der Waals surface area contributed by atoms with Crippen molar-refractivity contribution in [2.75, 3.05) is 33.4 Å². The number of nitrogens with zero attached hydrogens (tertiary/aromatic N) is 1. The van der Waals surface area contributed by atoms with Crippen LogP contribution in [-0.4, -0.2) is 44.4 Å². The molecule has 1 saturated carbocycles. The van der Waals surface area contributed by atoms with Crippen molar-refractivity contribution in [3.63, 3.8) is 0 Å². The Morgan fingerprint density at radius 3 is 2.79 bits per heavy atom. The van der Waals surface area contributed by atoms with Gasteiger partial charge in [0.05, 0.1) is 7.11 Å². The van der Waals surface area contributed by atoms with E-state index in [9.17, 15) is 0 Å². The molecule has 3 atom stereocenters. The van der Waals surface area contributed by atoms with Gasteiger partial charge in [0.2, 0.25) is 0 Å². The monoisotopic (exact) mass is 387 g/mol. The molecular formula is C25H41NO2. The molecule has 0 unspecified atom stereocenters. The summed E-state index contributed by atoms with van der Waals surface area (Å²) in [5, 5.41) is 0. The zero-order valence-electron chi connectivity index (χ0n) is 18.4. The largest absolute Gasteiger partial charge is 0.497 e. The summed E-state index contributed by atoms with van der Waals surface area (Å²) in [6, 6.07) is 0.597. The van der Waals surface area contributed by atoms with Crippen molar-refractivity contribution in [3.05, 3.63) is 36.1 Å². The molecule has 0 aromatic carbocycles. The van der Waals surface area contributed by atoms with Gasteiger partial charge < -0.3 is 9.47 Å². The number of allylic oxidation sites excluding steroid dienone is 3. The van der Waals surface area contributed by atoms with Crippen LogP contribution in [0.2, 0.25) is 0 Å². The van der Waals surface area contributed by atoms with Gasteiger partial charge in [-0.3, -0.25) is 4.90 Å². The first-order valence-corrected chi connectivity index (χ1v) is 11.5. The van der Waals surface area contributed by atoms with Gasteiger partial charge in [-0.2, -0.15) is 0 Å². The molecule has 1 aliphatic heterocycles. The fraction of sp³-hybridized carbons (Fsp3) is 0.760. The summed E-state index contributed by atoms with van der Waals surface area (Å²) in [5.74, 6) is 2.54. The number of likely N-dealkylation sites (tertiary alicyclic amines) is 1. The standard InChI is InChI=1S/C25H41NO2/c1-5-6-16-28-17-14-25-12-11-23(27-4)10-7-20(2)18-24(21(25)3)26(15-13-25)19-22-8-9-22/h7,10-11,21-22,24H,2,5-6,8-9,12-19H2,1,3-4H3/b10-7-,23-11+/t21-,24+,25-/m0/s1. The third-order valence-corrected chi connectivity index (χ3v) is 7.39. The molecule has 1 saturated heterocycles. The van der Waals surface area contributed by atoms with Gasteiger partial charge in [0.25, 0.3) is 0 Å². The number of fused-ring (bicyclic) bond motifs is 2. The van der Waals surface area contributed by atoms with Crippen molar-refractivity contribution in [1.82, 2.24) is 4.90 Å². The average molecular weight is 388 g/mol. The molecule has 0 aromatic heterocycles. The number of hydrogen-bond acceptors (Lipinski definition) is 3. The summed E-state index contributed by atoms with van der Waals surface area (Å²) in [5.41, 5.74) is 1.52. The van der Waals surface area contributed by atoms with Crippen molar-refractivity contribution in [1.29, 1.82) is 0 Å². The topological polar surface area (TPSA) is 21.7 Å². The van der Waals surface area contributed by atoms with Crippen LogP contribution >= 0.6 is 0 Å². The van der Waals surface area contributed by atoms with Crippen LogP contribution in [0.3, 0.4) is 0 Å². The SMILES string of the molecule is C=C1/C=C\C(OC)=C/C[C@@]2(CCOCCCC)CCN(CC3CC3)[C@H](C1)[C@@H]2C. The Labute approximate surface area is 172 Å². The molecule has 158 valence electrons. The second kappa shape index (κ2) is 10.1. The number of methoxy groups -OCH3 is 1. The van der Waals surface area contributed by atoms with E-state index in [2.05, 4.69) is 43.6 Å². The maximum Gasteiger partial charge on any atom is 0.114 e. The predicted octanol–water partition coefficient (Wildman–Crippen LogP) is 5.74. The van der Waals surface area contributed by atoms with Crippen LogP contribution in [0.4, 0.5) is 0 Å². The van der Waals surface area contributed by atoms with Gasteiger partial charge in [0.15, 0.2) is 0 Å². The van der Waals surface area contributed by atoms with Crippen molar-refractivity contribution in [2.45, 2.75) is 71.3 Å². The second-order valence-corrected chi connectivity index (χ2v) is 9.33. The molecule has 3 rings (SSSR count). The van der Waals surface area contributed by atoms with Crippen LogP contribution < -0.4 is 0 Å². The summed E-state index contributed by atoms with van der Waals surface area (Å²) in [6.07, 6.45) is 16.4. The van der Waals surface area contributed by atoms with Crippen LogP contribution in [-0.2, 0) is 9.47 Å². The zero-order valence-corrected chi connectivity index (χ0v) is 18.4. The predicted molar refractivity (Wildman–Crippen MR) is 117 cm³/mol. The first-order chi connectivity index (χ1) is 13.6. The molecule has 28 heavy (non-hydrogen) atoms. The van der Waals surface area contributed by atoms with Crippen molar-refractivity contribution >= 4 is 0 Å². The summed E-state index contributed by atoms with van der Waals surface area (Å²) >= 11 is 0. The molecule has 0 N–H and O–H groups in total. The van der Waals surface area contributed by atoms with E-state index in [1.165, 1.54) is 50.8 Å². The normalized spacial score (nSPS) is 34.5. The van der Waals surface area contributed by atoms with Crippen molar-refractivity contribution < 1.29 is 9.47 Å². The van der Waals surface area contributed by atoms with Crippen molar-refractivity contribution in [3.8, 4) is 0 Å². The Morgan fingerprint density at radius 1 is 1.25 bits per heavy atom. The lowest BCUT2D eigenvalue weighted by Crippen LogP contribution is -2.54. The van der Waals surface area contributed by atoms with Gasteiger partial charge in [-0.1, -0.05) is 38.5 Å². The molecule has 2 aliphatic carbocycles. The number of hydrogen-bond donors (Lipinski definition) is 0. The quantitative estimate of drug-likeness (QED) is 0.471. The number of unbranched alkanes of at least 4 members (excludes halogenated alkanes) is 1. The molecule has 0 spiro atoms. The Bertz CT molecular complexity index is 577. The molecule has 0 aromatic rings. The molecule has 2 fully saturated rings. The first-order valence-electron chi connectivity index (χ1n) is 11.5. The van der Waals surface area contributed by atoms with E-state index in [0.717, 1.165) is 44.2 Å². The molecule has 3 aliphatic rings. The summed E-state index contributed by atoms with van der Waals surface area (Å²) in [7, 11) is 1.77. The Balaban J connectivity index is 1.79.